The summed E-state index contributed by atoms with van der Waals surface area (Å²) in [6.45, 7) is 3.07. The molecular weight excluding hydrogens is 366 g/mol. The van der Waals surface area contributed by atoms with Crippen LogP contribution in [0.5, 0.6) is 0 Å². The summed E-state index contributed by atoms with van der Waals surface area (Å²) in [5, 5.41) is 0.911. The van der Waals surface area contributed by atoms with Gasteiger partial charge in [-0.2, -0.15) is 0 Å². The van der Waals surface area contributed by atoms with Gasteiger partial charge in [-0.25, -0.2) is 0 Å². The highest BCUT2D eigenvalue weighted by Gasteiger charge is 2.05. The lowest BCUT2D eigenvalue weighted by atomic mass is 10.1. The van der Waals surface area contributed by atoms with Gasteiger partial charge >= 0.3 is 0 Å². The summed E-state index contributed by atoms with van der Waals surface area (Å²) in [4.78, 5) is 2.27. The molecule has 0 spiro atoms. The molecule has 0 aliphatic rings. The number of rotatable bonds is 4. The van der Waals surface area contributed by atoms with Crippen LogP contribution in [-0.2, 0) is 11.9 Å². The first-order valence-electron chi connectivity index (χ1n) is 6.21. The SMILES string of the molecule is Cc1cc(N(C)Cc2cccc(Br)c2)ccc1CBr. The van der Waals surface area contributed by atoms with Gasteiger partial charge in [-0.1, -0.05) is 50.1 Å². The molecule has 2 aromatic carbocycles. The van der Waals surface area contributed by atoms with Gasteiger partial charge in [-0.05, 0) is 47.9 Å². The zero-order valence-electron chi connectivity index (χ0n) is 11.2. The van der Waals surface area contributed by atoms with Crippen molar-refractivity contribution in [2.45, 2.75) is 18.8 Å². The first-order valence-corrected chi connectivity index (χ1v) is 8.12. The summed E-state index contributed by atoms with van der Waals surface area (Å²) in [7, 11) is 2.13. The summed E-state index contributed by atoms with van der Waals surface area (Å²) in [5.74, 6) is 0. The first-order chi connectivity index (χ1) is 9.10. The molecule has 0 aromatic heterocycles. The molecule has 0 amide bonds. The van der Waals surface area contributed by atoms with E-state index in [9.17, 15) is 0 Å². The molecule has 0 saturated carbocycles. The summed E-state index contributed by atoms with van der Waals surface area (Å²) < 4.78 is 1.13. The minimum Gasteiger partial charge on any atom is -0.370 e. The largest absolute Gasteiger partial charge is 0.370 e. The maximum atomic E-state index is 3.52. The number of hydrogen-bond donors (Lipinski definition) is 0. The van der Waals surface area contributed by atoms with Gasteiger partial charge < -0.3 is 4.90 Å². The number of halogens is 2. The third-order valence-electron chi connectivity index (χ3n) is 3.22. The number of nitrogens with zero attached hydrogens (tertiary/aromatic N) is 1. The molecule has 0 fully saturated rings. The predicted molar refractivity (Wildman–Crippen MR) is 90.1 cm³/mol. The Morgan fingerprint density at radius 1 is 1.11 bits per heavy atom. The summed E-state index contributed by atoms with van der Waals surface area (Å²) in [6, 6.07) is 15.1. The lowest BCUT2D eigenvalue weighted by molar-refractivity contribution is 0.920. The van der Waals surface area contributed by atoms with Gasteiger partial charge in [0.05, 0.1) is 0 Å². The van der Waals surface area contributed by atoms with E-state index in [1.54, 1.807) is 0 Å². The van der Waals surface area contributed by atoms with Crippen LogP contribution >= 0.6 is 31.9 Å². The highest BCUT2D eigenvalue weighted by atomic mass is 79.9. The third-order valence-corrected chi connectivity index (χ3v) is 4.32. The van der Waals surface area contributed by atoms with Crippen molar-refractivity contribution in [3.05, 3.63) is 63.6 Å². The van der Waals surface area contributed by atoms with Gasteiger partial charge in [-0.15, -0.1) is 0 Å². The number of benzene rings is 2. The van der Waals surface area contributed by atoms with Crippen LogP contribution in [0.15, 0.2) is 46.9 Å². The molecule has 2 aromatic rings. The molecule has 0 atom stereocenters. The second kappa shape index (κ2) is 6.58. The number of anilines is 1. The number of aryl methyl sites for hydroxylation is 1. The first kappa shape index (κ1) is 14.6. The minimum atomic E-state index is 0.909. The van der Waals surface area contributed by atoms with Crippen molar-refractivity contribution in [2.75, 3.05) is 11.9 Å². The highest BCUT2D eigenvalue weighted by Crippen LogP contribution is 2.22. The van der Waals surface area contributed by atoms with Crippen LogP contribution in [0, 0.1) is 6.92 Å². The molecule has 0 saturated heterocycles. The van der Waals surface area contributed by atoms with Crippen LogP contribution < -0.4 is 4.90 Å². The fraction of sp³-hybridized carbons (Fsp3) is 0.250. The number of alkyl halides is 1. The van der Waals surface area contributed by atoms with Gasteiger partial charge in [-0.3, -0.25) is 0 Å². The van der Waals surface area contributed by atoms with E-state index in [-0.39, 0.29) is 0 Å². The molecule has 1 nitrogen and oxygen atoms in total. The van der Waals surface area contributed by atoms with Crippen molar-refractivity contribution >= 4 is 37.5 Å². The van der Waals surface area contributed by atoms with E-state index < -0.39 is 0 Å². The maximum Gasteiger partial charge on any atom is 0.0426 e. The average Bonchev–Trinajstić information content (AvgIpc) is 2.38. The summed E-state index contributed by atoms with van der Waals surface area (Å²) >= 11 is 7.03. The van der Waals surface area contributed by atoms with Gasteiger partial charge in [0.1, 0.15) is 0 Å². The van der Waals surface area contributed by atoms with E-state index in [1.807, 2.05) is 0 Å². The molecule has 2 rings (SSSR count). The van der Waals surface area contributed by atoms with Crippen molar-refractivity contribution in [1.82, 2.24) is 0 Å². The van der Waals surface area contributed by atoms with Crippen molar-refractivity contribution in [3.8, 4) is 0 Å². The monoisotopic (exact) mass is 381 g/mol. The Hall–Kier alpha value is -0.800. The maximum absolute atomic E-state index is 3.52. The van der Waals surface area contributed by atoms with Gasteiger partial charge in [0.2, 0.25) is 0 Å². The van der Waals surface area contributed by atoms with Gasteiger partial charge in [0, 0.05) is 29.1 Å². The lowest BCUT2D eigenvalue weighted by Gasteiger charge is -2.20. The van der Waals surface area contributed by atoms with E-state index in [0.717, 1.165) is 16.3 Å². The van der Waals surface area contributed by atoms with E-state index in [2.05, 4.69) is 93.2 Å². The zero-order valence-corrected chi connectivity index (χ0v) is 14.3. The molecule has 3 heteroatoms. The van der Waals surface area contributed by atoms with Crippen LogP contribution in [0.25, 0.3) is 0 Å². The van der Waals surface area contributed by atoms with Crippen molar-refractivity contribution in [2.24, 2.45) is 0 Å². The quantitative estimate of drug-likeness (QED) is 0.649. The smallest absolute Gasteiger partial charge is 0.0426 e. The van der Waals surface area contributed by atoms with Crippen molar-refractivity contribution in [1.29, 1.82) is 0 Å². The Balaban J connectivity index is 2.15. The molecule has 0 radical (unpaired) electrons. The summed E-state index contributed by atoms with van der Waals surface area (Å²) in [5.41, 5.74) is 5.23. The highest BCUT2D eigenvalue weighted by molar-refractivity contribution is 9.10. The van der Waals surface area contributed by atoms with Crippen LogP contribution in [0.4, 0.5) is 5.69 Å². The molecule has 0 aliphatic carbocycles. The minimum absolute atomic E-state index is 0.909. The van der Waals surface area contributed by atoms with Gasteiger partial charge in [0.25, 0.3) is 0 Å². The molecular formula is C16H17Br2N. The van der Waals surface area contributed by atoms with Crippen molar-refractivity contribution in [3.63, 3.8) is 0 Å². The van der Waals surface area contributed by atoms with Crippen LogP contribution in [-0.4, -0.2) is 7.05 Å². The van der Waals surface area contributed by atoms with Crippen molar-refractivity contribution < 1.29 is 0 Å². The molecule has 0 heterocycles. The second-order valence-corrected chi connectivity index (χ2v) is 6.21. The Morgan fingerprint density at radius 3 is 2.53 bits per heavy atom. The van der Waals surface area contributed by atoms with E-state index in [0.29, 0.717) is 0 Å². The Bertz CT molecular complexity index is 566. The van der Waals surface area contributed by atoms with E-state index >= 15 is 0 Å². The van der Waals surface area contributed by atoms with Crippen LogP contribution in [0.2, 0.25) is 0 Å². The molecule has 0 N–H and O–H groups in total. The topological polar surface area (TPSA) is 3.24 Å². The molecule has 0 unspecified atom stereocenters. The molecule has 100 valence electrons. The number of hydrogen-bond acceptors (Lipinski definition) is 1. The second-order valence-electron chi connectivity index (χ2n) is 4.73. The molecule has 0 bridgehead atoms. The summed E-state index contributed by atoms with van der Waals surface area (Å²) in [6.07, 6.45) is 0. The third kappa shape index (κ3) is 3.83. The normalized spacial score (nSPS) is 10.5. The average molecular weight is 383 g/mol. The Kier molecular flexibility index (Phi) is 5.06. The standard InChI is InChI=1S/C16H17Br2N/c1-12-8-16(7-6-14(12)10-17)19(2)11-13-4-3-5-15(18)9-13/h3-9H,10-11H2,1-2H3. The van der Waals surface area contributed by atoms with Crippen LogP contribution in [0.1, 0.15) is 16.7 Å². The van der Waals surface area contributed by atoms with Crippen LogP contribution in [0.3, 0.4) is 0 Å². The Morgan fingerprint density at radius 2 is 1.89 bits per heavy atom. The fourth-order valence-electron chi connectivity index (χ4n) is 2.07. The molecule has 19 heavy (non-hydrogen) atoms. The van der Waals surface area contributed by atoms with Gasteiger partial charge in [0.15, 0.2) is 0 Å². The van der Waals surface area contributed by atoms with E-state index in [4.69, 9.17) is 0 Å². The predicted octanol–water partition coefficient (Wildman–Crippen LogP) is 5.29. The molecule has 0 aliphatic heterocycles. The Labute approximate surface area is 131 Å². The lowest BCUT2D eigenvalue weighted by Crippen LogP contribution is -2.16. The van der Waals surface area contributed by atoms with E-state index in [1.165, 1.54) is 22.4 Å². The fourth-order valence-corrected chi connectivity index (χ4v) is 3.14. The zero-order chi connectivity index (χ0) is 13.8.